The SMILES string of the molecule is CNCCCNC(=O)C(C)Oc1ccccc1C(F)(F)F. The number of hydrogen-bond acceptors (Lipinski definition) is 3. The predicted octanol–water partition coefficient (Wildman–Crippen LogP) is 2.20. The summed E-state index contributed by atoms with van der Waals surface area (Å²) in [6, 6.07) is 4.83. The summed E-state index contributed by atoms with van der Waals surface area (Å²) >= 11 is 0. The van der Waals surface area contributed by atoms with E-state index < -0.39 is 23.8 Å². The fourth-order valence-electron chi connectivity index (χ4n) is 1.67. The Hall–Kier alpha value is -1.76. The molecule has 21 heavy (non-hydrogen) atoms. The molecule has 1 atom stereocenters. The molecular formula is C14H19F3N2O2. The Morgan fingerprint density at radius 1 is 1.29 bits per heavy atom. The highest BCUT2D eigenvalue weighted by Gasteiger charge is 2.34. The Morgan fingerprint density at radius 2 is 1.95 bits per heavy atom. The van der Waals surface area contributed by atoms with Crippen LogP contribution in [0.3, 0.4) is 0 Å². The van der Waals surface area contributed by atoms with Crippen molar-refractivity contribution in [3.8, 4) is 5.75 Å². The molecule has 0 saturated heterocycles. The lowest BCUT2D eigenvalue weighted by atomic mass is 10.2. The first-order valence-electron chi connectivity index (χ1n) is 6.61. The van der Waals surface area contributed by atoms with Gasteiger partial charge >= 0.3 is 6.18 Å². The average molecular weight is 304 g/mol. The number of rotatable bonds is 7. The number of alkyl halides is 3. The first kappa shape index (κ1) is 17.3. The third-order valence-electron chi connectivity index (χ3n) is 2.77. The smallest absolute Gasteiger partial charge is 0.419 e. The van der Waals surface area contributed by atoms with E-state index in [9.17, 15) is 18.0 Å². The van der Waals surface area contributed by atoms with E-state index in [1.807, 2.05) is 0 Å². The number of halogens is 3. The molecule has 0 aliphatic carbocycles. The van der Waals surface area contributed by atoms with E-state index in [2.05, 4.69) is 10.6 Å². The van der Waals surface area contributed by atoms with Crippen LogP contribution in [0.2, 0.25) is 0 Å². The maximum Gasteiger partial charge on any atom is 0.419 e. The van der Waals surface area contributed by atoms with E-state index >= 15 is 0 Å². The number of benzene rings is 1. The van der Waals surface area contributed by atoms with Gasteiger partial charge in [0.1, 0.15) is 5.75 Å². The van der Waals surface area contributed by atoms with E-state index in [1.54, 1.807) is 7.05 Å². The third kappa shape index (κ3) is 5.63. The first-order chi connectivity index (χ1) is 9.86. The number of para-hydroxylation sites is 1. The van der Waals surface area contributed by atoms with Crippen LogP contribution in [-0.4, -0.2) is 32.1 Å². The molecule has 0 heterocycles. The van der Waals surface area contributed by atoms with E-state index in [4.69, 9.17) is 4.74 Å². The van der Waals surface area contributed by atoms with E-state index in [0.717, 1.165) is 19.0 Å². The summed E-state index contributed by atoms with van der Waals surface area (Å²) in [5.74, 6) is -0.786. The molecule has 0 fully saturated rings. The van der Waals surface area contributed by atoms with Crippen molar-refractivity contribution in [1.29, 1.82) is 0 Å². The lowest BCUT2D eigenvalue weighted by Crippen LogP contribution is -2.37. The average Bonchev–Trinajstić information content (AvgIpc) is 2.42. The second kappa shape index (κ2) is 7.87. The molecule has 4 nitrogen and oxygen atoms in total. The van der Waals surface area contributed by atoms with Crippen molar-refractivity contribution in [3.05, 3.63) is 29.8 Å². The number of carbonyl (C=O) groups is 1. The molecule has 1 aromatic carbocycles. The molecule has 0 bridgehead atoms. The minimum absolute atomic E-state index is 0.345. The van der Waals surface area contributed by atoms with Gasteiger partial charge in [0, 0.05) is 6.54 Å². The summed E-state index contributed by atoms with van der Waals surface area (Å²) in [5.41, 5.74) is -0.889. The van der Waals surface area contributed by atoms with Crippen molar-refractivity contribution in [1.82, 2.24) is 10.6 Å². The van der Waals surface area contributed by atoms with Crippen LogP contribution >= 0.6 is 0 Å². The maximum absolute atomic E-state index is 12.8. The van der Waals surface area contributed by atoms with Gasteiger partial charge in [0.25, 0.3) is 5.91 Å². The molecule has 0 aliphatic heterocycles. The summed E-state index contributed by atoms with van der Waals surface area (Å²) in [5, 5.41) is 5.54. The largest absolute Gasteiger partial charge is 0.480 e. The van der Waals surface area contributed by atoms with Crippen molar-refractivity contribution in [3.63, 3.8) is 0 Å². The number of carbonyl (C=O) groups excluding carboxylic acids is 1. The van der Waals surface area contributed by atoms with Gasteiger partial charge < -0.3 is 15.4 Å². The highest BCUT2D eigenvalue weighted by molar-refractivity contribution is 5.80. The second-order valence-electron chi connectivity index (χ2n) is 4.50. The molecule has 1 unspecified atom stereocenters. The quantitative estimate of drug-likeness (QED) is 0.759. The number of ether oxygens (including phenoxy) is 1. The van der Waals surface area contributed by atoms with Gasteiger partial charge in [-0.25, -0.2) is 0 Å². The minimum atomic E-state index is -4.51. The molecule has 2 N–H and O–H groups in total. The van der Waals surface area contributed by atoms with E-state index in [1.165, 1.54) is 25.1 Å². The van der Waals surface area contributed by atoms with Crippen LogP contribution in [0.15, 0.2) is 24.3 Å². The fraction of sp³-hybridized carbons (Fsp3) is 0.500. The lowest BCUT2D eigenvalue weighted by molar-refractivity contribution is -0.140. The first-order valence-corrected chi connectivity index (χ1v) is 6.61. The van der Waals surface area contributed by atoms with Gasteiger partial charge in [-0.05, 0) is 39.1 Å². The Balaban J connectivity index is 2.62. The van der Waals surface area contributed by atoms with Gasteiger partial charge in [-0.1, -0.05) is 12.1 Å². The van der Waals surface area contributed by atoms with Crippen molar-refractivity contribution in [2.24, 2.45) is 0 Å². The zero-order valence-corrected chi connectivity index (χ0v) is 12.0. The molecule has 0 aromatic heterocycles. The predicted molar refractivity (Wildman–Crippen MR) is 73.1 cm³/mol. The highest BCUT2D eigenvalue weighted by Crippen LogP contribution is 2.36. The minimum Gasteiger partial charge on any atom is -0.480 e. The lowest BCUT2D eigenvalue weighted by Gasteiger charge is -2.18. The third-order valence-corrected chi connectivity index (χ3v) is 2.77. The molecule has 7 heteroatoms. The molecule has 0 radical (unpaired) electrons. The molecular weight excluding hydrogens is 285 g/mol. The molecule has 0 aliphatic rings. The van der Waals surface area contributed by atoms with Crippen LogP contribution in [0.25, 0.3) is 0 Å². The standard InChI is InChI=1S/C14H19F3N2O2/c1-10(13(20)19-9-5-8-18-2)21-12-7-4-3-6-11(12)14(15,16)17/h3-4,6-7,10,18H,5,8-9H2,1-2H3,(H,19,20). The van der Waals surface area contributed by atoms with Crippen molar-refractivity contribution < 1.29 is 22.7 Å². The van der Waals surface area contributed by atoms with Crippen LogP contribution in [-0.2, 0) is 11.0 Å². The number of hydrogen-bond donors (Lipinski definition) is 2. The summed E-state index contributed by atoms with van der Waals surface area (Å²) in [4.78, 5) is 11.7. The van der Waals surface area contributed by atoms with Crippen LogP contribution in [0.1, 0.15) is 18.9 Å². The zero-order valence-electron chi connectivity index (χ0n) is 12.0. The molecule has 0 spiro atoms. The number of amides is 1. The summed E-state index contributed by atoms with van der Waals surface area (Å²) in [6.07, 6.45) is -4.78. The maximum atomic E-state index is 12.8. The molecule has 1 aromatic rings. The van der Waals surface area contributed by atoms with Crippen LogP contribution < -0.4 is 15.4 Å². The molecule has 1 amide bonds. The molecule has 118 valence electrons. The summed E-state index contributed by atoms with van der Waals surface area (Å²) < 4.78 is 43.5. The van der Waals surface area contributed by atoms with Gasteiger partial charge in [0.2, 0.25) is 0 Å². The Kier molecular flexibility index (Phi) is 6.48. The van der Waals surface area contributed by atoms with Crippen molar-refractivity contribution >= 4 is 5.91 Å². The van der Waals surface area contributed by atoms with E-state index in [-0.39, 0.29) is 5.75 Å². The topological polar surface area (TPSA) is 50.4 Å². The molecule has 0 saturated carbocycles. The Morgan fingerprint density at radius 3 is 2.57 bits per heavy atom. The van der Waals surface area contributed by atoms with Crippen LogP contribution in [0.5, 0.6) is 5.75 Å². The Bertz CT molecular complexity index is 464. The van der Waals surface area contributed by atoms with E-state index in [0.29, 0.717) is 6.54 Å². The summed E-state index contributed by atoms with van der Waals surface area (Å²) in [7, 11) is 1.79. The number of nitrogens with one attached hydrogen (secondary N) is 2. The van der Waals surface area contributed by atoms with Gasteiger partial charge in [0.05, 0.1) is 5.56 Å². The fourth-order valence-corrected chi connectivity index (χ4v) is 1.67. The van der Waals surface area contributed by atoms with Crippen LogP contribution in [0, 0.1) is 0 Å². The Labute approximate surface area is 121 Å². The van der Waals surface area contributed by atoms with Crippen molar-refractivity contribution in [2.75, 3.05) is 20.1 Å². The van der Waals surface area contributed by atoms with Crippen LogP contribution in [0.4, 0.5) is 13.2 Å². The van der Waals surface area contributed by atoms with Gasteiger partial charge in [-0.2, -0.15) is 13.2 Å². The normalized spacial score (nSPS) is 12.8. The summed E-state index contributed by atoms with van der Waals surface area (Å²) in [6.45, 7) is 2.60. The highest BCUT2D eigenvalue weighted by atomic mass is 19.4. The second-order valence-corrected chi connectivity index (χ2v) is 4.50. The van der Waals surface area contributed by atoms with Crippen molar-refractivity contribution in [2.45, 2.75) is 25.6 Å². The zero-order chi connectivity index (χ0) is 15.9. The monoisotopic (exact) mass is 304 g/mol. The molecule has 1 rings (SSSR count). The van der Waals surface area contributed by atoms with Gasteiger partial charge in [-0.3, -0.25) is 4.79 Å². The van der Waals surface area contributed by atoms with Gasteiger partial charge in [0.15, 0.2) is 6.10 Å². The van der Waals surface area contributed by atoms with Gasteiger partial charge in [-0.15, -0.1) is 0 Å².